The van der Waals surface area contributed by atoms with Crippen molar-refractivity contribution >= 4 is 28.7 Å². The molecule has 25 heavy (non-hydrogen) atoms. The molecule has 4 rings (SSSR count). The summed E-state index contributed by atoms with van der Waals surface area (Å²) in [6.07, 6.45) is -0.528. The maximum absolute atomic E-state index is 12.9. The molecule has 122 valence electrons. The van der Waals surface area contributed by atoms with E-state index in [0.29, 0.717) is 5.56 Å². The molecule has 2 aromatic rings. The van der Waals surface area contributed by atoms with Crippen LogP contribution in [0.15, 0.2) is 54.6 Å². The van der Waals surface area contributed by atoms with Gasteiger partial charge in [0.25, 0.3) is 0 Å². The molecule has 0 radical (unpaired) electrons. The van der Waals surface area contributed by atoms with E-state index in [-0.39, 0.29) is 22.3 Å². The van der Waals surface area contributed by atoms with E-state index in [2.05, 4.69) is 0 Å². The first-order valence-corrected chi connectivity index (χ1v) is 7.76. The van der Waals surface area contributed by atoms with Crippen molar-refractivity contribution in [3.05, 3.63) is 76.9 Å². The lowest BCUT2D eigenvalue weighted by Crippen LogP contribution is -2.42. The topological polar surface area (TPSA) is 88.5 Å². The summed E-state index contributed by atoms with van der Waals surface area (Å²) in [5.41, 5.74) is 1.17. The van der Waals surface area contributed by atoms with Gasteiger partial charge in [-0.15, -0.1) is 0 Å². The Kier molecular flexibility index (Phi) is 3.33. The minimum absolute atomic E-state index is 0.170. The molecule has 2 aliphatic rings. The van der Waals surface area contributed by atoms with Crippen LogP contribution < -0.4 is 0 Å². The number of ketones is 4. The Hall–Kier alpha value is -3.18. The molecule has 5 heteroatoms. The van der Waals surface area contributed by atoms with Crippen LogP contribution in [0.3, 0.4) is 0 Å². The fourth-order valence-corrected chi connectivity index (χ4v) is 3.45. The van der Waals surface area contributed by atoms with Crippen molar-refractivity contribution in [1.29, 1.82) is 0 Å². The van der Waals surface area contributed by atoms with Crippen LogP contribution in [0.5, 0.6) is 0 Å². The van der Waals surface area contributed by atoms with Crippen LogP contribution in [0.4, 0.5) is 0 Å². The molecule has 0 bridgehead atoms. The van der Waals surface area contributed by atoms with E-state index in [0.717, 1.165) is 6.08 Å². The highest BCUT2D eigenvalue weighted by Gasteiger charge is 2.44. The van der Waals surface area contributed by atoms with Crippen molar-refractivity contribution in [1.82, 2.24) is 0 Å². The average molecular weight is 332 g/mol. The van der Waals surface area contributed by atoms with Crippen LogP contribution in [-0.4, -0.2) is 34.3 Å². The zero-order chi connectivity index (χ0) is 17.7. The lowest BCUT2D eigenvalue weighted by atomic mass is 9.72. The molecule has 0 unspecified atom stereocenters. The number of hydrogen-bond acceptors (Lipinski definition) is 5. The second kappa shape index (κ2) is 5.43. The number of Topliss-reactive ketones (excluding diaryl/α,β-unsaturated/α-hetero) is 3. The number of carbonyl (C=O) groups is 4. The summed E-state index contributed by atoms with van der Waals surface area (Å²) in [5, 5.41) is 10.5. The van der Waals surface area contributed by atoms with E-state index in [4.69, 9.17) is 0 Å². The number of aliphatic hydroxyl groups excluding tert-OH is 1. The number of fused-ring (bicyclic) bond motifs is 2. The summed E-state index contributed by atoms with van der Waals surface area (Å²) in [5.74, 6) is -3.64. The first-order chi connectivity index (χ1) is 12.0. The van der Waals surface area contributed by atoms with Crippen LogP contribution in [0.25, 0.3) is 5.57 Å². The molecule has 2 atom stereocenters. The summed E-state index contributed by atoms with van der Waals surface area (Å²) >= 11 is 0. The minimum atomic E-state index is -1.59. The average Bonchev–Trinajstić information content (AvgIpc) is 2.64. The number of carbonyl (C=O) groups excluding carboxylic acids is 4. The number of aliphatic hydroxyl groups is 1. The van der Waals surface area contributed by atoms with Gasteiger partial charge in [-0.3, -0.25) is 19.2 Å². The molecule has 1 N–H and O–H groups in total. The Balaban J connectivity index is 1.92. The molecular weight excluding hydrogens is 320 g/mol. The molecule has 2 aliphatic carbocycles. The maximum atomic E-state index is 12.9. The van der Waals surface area contributed by atoms with Crippen molar-refractivity contribution in [2.45, 2.75) is 6.10 Å². The zero-order valence-electron chi connectivity index (χ0n) is 12.9. The first-order valence-electron chi connectivity index (χ1n) is 7.76. The lowest BCUT2D eigenvalue weighted by Gasteiger charge is -2.30. The molecule has 0 aliphatic heterocycles. The fraction of sp³-hybridized carbons (Fsp3) is 0.100. The normalized spacial score (nSPS) is 22.4. The van der Waals surface area contributed by atoms with Gasteiger partial charge in [0.05, 0.1) is 5.92 Å². The molecule has 2 aromatic carbocycles. The lowest BCUT2D eigenvalue weighted by molar-refractivity contribution is -0.111. The molecule has 0 amide bonds. The smallest absolute Gasteiger partial charge is 0.233 e. The SMILES string of the molecule is O=C1C=C([C@@H]2C(=O)c3ccccc3C(=O)[C@H]2O)c2ccccc2C1=O. The van der Waals surface area contributed by atoms with Gasteiger partial charge in [-0.1, -0.05) is 48.5 Å². The minimum Gasteiger partial charge on any atom is -0.384 e. The van der Waals surface area contributed by atoms with Crippen LogP contribution in [0.2, 0.25) is 0 Å². The van der Waals surface area contributed by atoms with Crippen LogP contribution in [-0.2, 0) is 4.79 Å². The van der Waals surface area contributed by atoms with Crippen LogP contribution in [0, 0.1) is 5.92 Å². The molecule has 0 fully saturated rings. The monoisotopic (exact) mass is 332 g/mol. The van der Waals surface area contributed by atoms with Gasteiger partial charge in [-0.2, -0.15) is 0 Å². The van der Waals surface area contributed by atoms with Gasteiger partial charge in [0, 0.05) is 16.7 Å². The van der Waals surface area contributed by atoms with Gasteiger partial charge >= 0.3 is 0 Å². The van der Waals surface area contributed by atoms with E-state index >= 15 is 0 Å². The summed E-state index contributed by atoms with van der Waals surface area (Å²) in [6, 6.07) is 12.7. The Morgan fingerprint density at radius 1 is 0.680 bits per heavy atom. The second-order valence-electron chi connectivity index (χ2n) is 6.04. The highest BCUT2D eigenvalue weighted by atomic mass is 16.3. The summed E-state index contributed by atoms with van der Waals surface area (Å²) in [7, 11) is 0. The molecule has 0 spiro atoms. The third-order valence-electron chi connectivity index (χ3n) is 4.65. The quantitative estimate of drug-likeness (QED) is 0.806. The second-order valence-corrected chi connectivity index (χ2v) is 6.04. The standard InChI is InChI=1S/C20H12O5/c21-15-9-14(10-5-1-2-6-11(10)17(15)22)16-18(23)12-7-3-4-8-13(12)19(24)20(16)25/h1-9,16,20,25H/t16-,20+/m1/s1. The van der Waals surface area contributed by atoms with E-state index in [1.807, 2.05) is 0 Å². The van der Waals surface area contributed by atoms with Crippen molar-refractivity contribution in [3.63, 3.8) is 0 Å². The summed E-state index contributed by atoms with van der Waals surface area (Å²) in [6.45, 7) is 0. The highest BCUT2D eigenvalue weighted by molar-refractivity contribution is 6.51. The Bertz CT molecular complexity index is 999. The third kappa shape index (κ3) is 2.13. The Labute approximate surface area is 142 Å². The Morgan fingerprint density at radius 3 is 1.84 bits per heavy atom. The zero-order valence-corrected chi connectivity index (χ0v) is 12.9. The molecule has 0 saturated carbocycles. The van der Waals surface area contributed by atoms with Gasteiger partial charge in [0.2, 0.25) is 11.6 Å². The van der Waals surface area contributed by atoms with Crippen molar-refractivity contribution in [3.8, 4) is 0 Å². The molecule has 0 aromatic heterocycles. The van der Waals surface area contributed by atoms with Crippen molar-refractivity contribution < 1.29 is 24.3 Å². The van der Waals surface area contributed by atoms with E-state index in [9.17, 15) is 24.3 Å². The fourth-order valence-electron chi connectivity index (χ4n) is 3.45. The predicted molar refractivity (Wildman–Crippen MR) is 88.4 cm³/mol. The van der Waals surface area contributed by atoms with E-state index in [1.54, 1.807) is 30.3 Å². The summed E-state index contributed by atoms with van der Waals surface area (Å²) in [4.78, 5) is 49.5. The largest absolute Gasteiger partial charge is 0.384 e. The van der Waals surface area contributed by atoms with Gasteiger partial charge < -0.3 is 5.11 Å². The molecule has 0 saturated heterocycles. The first kappa shape index (κ1) is 15.4. The number of benzene rings is 2. The molecule has 0 heterocycles. The Morgan fingerprint density at radius 2 is 1.20 bits per heavy atom. The van der Waals surface area contributed by atoms with Crippen LogP contribution >= 0.6 is 0 Å². The predicted octanol–water partition coefficient (Wildman–Crippen LogP) is 1.89. The molecule has 5 nitrogen and oxygen atoms in total. The molecular formula is C20H12O5. The third-order valence-corrected chi connectivity index (χ3v) is 4.65. The van der Waals surface area contributed by atoms with Crippen molar-refractivity contribution in [2.75, 3.05) is 0 Å². The van der Waals surface area contributed by atoms with Gasteiger partial charge in [-0.05, 0) is 17.2 Å². The van der Waals surface area contributed by atoms with E-state index in [1.165, 1.54) is 18.2 Å². The number of rotatable bonds is 1. The number of hydrogen-bond donors (Lipinski definition) is 1. The van der Waals surface area contributed by atoms with Gasteiger partial charge in [-0.25, -0.2) is 0 Å². The highest BCUT2D eigenvalue weighted by Crippen LogP contribution is 2.38. The number of allylic oxidation sites excluding steroid dienone is 1. The van der Waals surface area contributed by atoms with E-state index < -0.39 is 35.2 Å². The van der Waals surface area contributed by atoms with Crippen molar-refractivity contribution in [2.24, 2.45) is 5.92 Å². The summed E-state index contributed by atoms with van der Waals surface area (Å²) < 4.78 is 0. The van der Waals surface area contributed by atoms with Gasteiger partial charge in [0.1, 0.15) is 6.10 Å². The van der Waals surface area contributed by atoms with Crippen LogP contribution in [0.1, 0.15) is 36.6 Å². The van der Waals surface area contributed by atoms with Gasteiger partial charge in [0.15, 0.2) is 11.6 Å². The maximum Gasteiger partial charge on any atom is 0.233 e.